The Hall–Kier alpha value is -0.770. The molecule has 0 aromatic heterocycles. The molecule has 110 valence electrons. The highest BCUT2D eigenvalue weighted by atomic mass is 16.2. The summed E-state index contributed by atoms with van der Waals surface area (Å²) in [6.07, 6.45) is 9.25. The van der Waals surface area contributed by atoms with E-state index in [2.05, 4.69) is 12.2 Å². The van der Waals surface area contributed by atoms with E-state index >= 15 is 0 Å². The first kappa shape index (κ1) is 14.6. The number of amides is 2. The van der Waals surface area contributed by atoms with Crippen LogP contribution in [-0.4, -0.2) is 36.6 Å². The molecule has 4 heteroatoms. The smallest absolute Gasteiger partial charge is 0.314 e. The van der Waals surface area contributed by atoms with Crippen molar-refractivity contribution >= 4 is 6.03 Å². The average molecular weight is 267 g/mol. The van der Waals surface area contributed by atoms with Crippen LogP contribution in [0.25, 0.3) is 0 Å². The van der Waals surface area contributed by atoms with Crippen LogP contribution in [0, 0.1) is 11.8 Å². The second-order valence-electron chi connectivity index (χ2n) is 6.36. The summed E-state index contributed by atoms with van der Waals surface area (Å²) in [4.78, 5) is 13.2. The Morgan fingerprint density at radius 1 is 1.21 bits per heavy atom. The van der Waals surface area contributed by atoms with E-state index in [0.29, 0.717) is 12.0 Å². The van der Waals surface area contributed by atoms with Gasteiger partial charge in [0.1, 0.15) is 0 Å². The predicted octanol–water partition coefficient (Wildman–Crippen LogP) is 2.34. The van der Waals surface area contributed by atoms with Gasteiger partial charge in [0.05, 0.1) is 0 Å². The Bertz CT molecular complexity index is 289. The Morgan fingerprint density at radius 3 is 2.58 bits per heavy atom. The van der Waals surface area contributed by atoms with E-state index in [9.17, 15) is 4.79 Å². The number of nitrogens with zero attached hydrogens (tertiary/aromatic N) is 1. The van der Waals surface area contributed by atoms with E-state index < -0.39 is 0 Å². The van der Waals surface area contributed by atoms with Crippen molar-refractivity contribution in [3.63, 3.8) is 0 Å². The molecule has 0 spiro atoms. The maximum Gasteiger partial charge on any atom is 0.314 e. The van der Waals surface area contributed by atoms with Crippen LogP contribution in [0.15, 0.2) is 0 Å². The van der Waals surface area contributed by atoms with Crippen LogP contribution in [-0.2, 0) is 0 Å². The van der Waals surface area contributed by atoms with E-state index in [0.717, 1.165) is 32.0 Å². The Kier molecular flexibility index (Phi) is 5.49. The van der Waals surface area contributed by atoms with Crippen molar-refractivity contribution in [2.45, 2.75) is 57.9 Å². The van der Waals surface area contributed by atoms with E-state index in [-0.39, 0.29) is 6.03 Å². The molecule has 1 saturated carbocycles. The molecule has 2 amide bonds. The van der Waals surface area contributed by atoms with Gasteiger partial charge >= 0.3 is 6.03 Å². The molecular weight excluding hydrogens is 238 g/mol. The third kappa shape index (κ3) is 4.37. The maximum absolute atomic E-state index is 11.4. The van der Waals surface area contributed by atoms with E-state index in [1.807, 2.05) is 4.90 Å². The van der Waals surface area contributed by atoms with Gasteiger partial charge in [-0.05, 0) is 37.6 Å². The first-order valence-electron chi connectivity index (χ1n) is 7.96. The quantitative estimate of drug-likeness (QED) is 0.821. The van der Waals surface area contributed by atoms with Crippen LogP contribution < -0.4 is 11.1 Å². The fourth-order valence-corrected chi connectivity index (χ4v) is 3.55. The molecule has 0 radical (unpaired) electrons. The molecule has 2 unspecified atom stereocenters. The number of nitrogens with one attached hydrogen (secondary N) is 1. The zero-order valence-electron chi connectivity index (χ0n) is 12.2. The second kappa shape index (κ2) is 7.13. The van der Waals surface area contributed by atoms with Crippen molar-refractivity contribution in [2.75, 3.05) is 19.6 Å². The Morgan fingerprint density at radius 2 is 1.95 bits per heavy atom. The molecule has 2 rings (SSSR count). The van der Waals surface area contributed by atoms with Crippen LogP contribution in [0.1, 0.15) is 51.9 Å². The van der Waals surface area contributed by atoms with E-state index in [1.54, 1.807) is 0 Å². The van der Waals surface area contributed by atoms with Gasteiger partial charge in [-0.15, -0.1) is 0 Å². The summed E-state index contributed by atoms with van der Waals surface area (Å²) in [5.41, 5.74) is 5.44. The number of urea groups is 1. The minimum Gasteiger partial charge on any atom is -0.351 e. The number of piperidine rings is 1. The number of hydrogen-bond donors (Lipinski definition) is 2. The third-order valence-corrected chi connectivity index (χ3v) is 4.85. The maximum atomic E-state index is 11.4. The monoisotopic (exact) mass is 267 g/mol. The van der Waals surface area contributed by atoms with Crippen molar-refractivity contribution in [1.82, 2.24) is 10.2 Å². The first-order valence-corrected chi connectivity index (χ1v) is 7.96. The normalized spacial score (nSPS) is 29.4. The number of nitrogens with two attached hydrogens (primary N) is 1. The molecule has 2 fully saturated rings. The molecule has 0 aromatic carbocycles. The van der Waals surface area contributed by atoms with E-state index in [4.69, 9.17) is 5.73 Å². The van der Waals surface area contributed by atoms with Crippen molar-refractivity contribution in [2.24, 2.45) is 17.6 Å². The number of carbonyl (C=O) groups excluding carboxylic acids is 1. The molecule has 3 N–H and O–H groups in total. The molecule has 1 saturated heterocycles. The third-order valence-electron chi connectivity index (χ3n) is 4.85. The van der Waals surface area contributed by atoms with Gasteiger partial charge in [-0.25, -0.2) is 4.79 Å². The van der Waals surface area contributed by atoms with Gasteiger partial charge < -0.3 is 16.0 Å². The van der Waals surface area contributed by atoms with Crippen LogP contribution in [0.5, 0.6) is 0 Å². The molecule has 1 aliphatic carbocycles. The van der Waals surface area contributed by atoms with Crippen LogP contribution in [0.3, 0.4) is 0 Å². The lowest BCUT2D eigenvalue weighted by Gasteiger charge is -2.38. The minimum absolute atomic E-state index is 0.261. The van der Waals surface area contributed by atoms with Crippen LogP contribution in [0.4, 0.5) is 4.79 Å². The highest BCUT2D eigenvalue weighted by Crippen LogP contribution is 2.24. The fraction of sp³-hybridized carbons (Fsp3) is 0.933. The molecule has 1 heterocycles. The Labute approximate surface area is 117 Å². The minimum atomic E-state index is -0.261. The van der Waals surface area contributed by atoms with Crippen LogP contribution in [0.2, 0.25) is 0 Å². The summed E-state index contributed by atoms with van der Waals surface area (Å²) in [5.74, 6) is 1.45. The standard InChI is InChI=1S/C15H29N3O/c1-2-12-8-14(11-18(10-12)15(16)19)17-9-13-6-4-3-5-7-13/h12-14,17H,2-11H2,1H3,(H2,16,19). The Balaban J connectivity index is 1.79. The van der Waals surface area contributed by atoms with Gasteiger partial charge in [0.2, 0.25) is 0 Å². The van der Waals surface area contributed by atoms with Gasteiger partial charge in [-0.3, -0.25) is 0 Å². The molecule has 0 bridgehead atoms. The molecular formula is C15H29N3O. The lowest BCUT2D eigenvalue weighted by molar-refractivity contribution is 0.147. The number of likely N-dealkylation sites (tertiary alicyclic amines) is 1. The first-order chi connectivity index (χ1) is 9.19. The fourth-order valence-electron chi connectivity index (χ4n) is 3.55. The van der Waals surface area contributed by atoms with Gasteiger partial charge in [0.15, 0.2) is 0 Å². The zero-order valence-corrected chi connectivity index (χ0v) is 12.2. The van der Waals surface area contributed by atoms with Crippen molar-refractivity contribution in [3.8, 4) is 0 Å². The van der Waals surface area contributed by atoms with Crippen LogP contribution >= 0.6 is 0 Å². The second-order valence-corrected chi connectivity index (χ2v) is 6.36. The number of carbonyl (C=O) groups is 1. The highest BCUT2D eigenvalue weighted by Gasteiger charge is 2.28. The SMILES string of the molecule is CCC1CC(NCC2CCCCC2)CN(C(N)=O)C1. The largest absolute Gasteiger partial charge is 0.351 e. The summed E-state index contributed by atoms with van der Waals surface area (Å²) >= 11 is 0. The lowest BCUT2D eigenvalue weighted by Crippen LogP contribution is -2.53. The molecule has 4 nitrogen and oxygen atoms in total. The lowest BCUT2D eigenvalue weighted by atomic mass is 9.88. The highest BCUT2D eigenvalue weighted by molar-refractivity contribution is 5.72. The van der Waals surface area contributed by atoms with Crippen molar-refractivity contribution < 1.29 is 4.79 Å². The van der Waals surface area contributed by atoms with Gasteiger partial charge in [0, 0.05) is 19.1 Å². The van der Waals surface area contributed by atoms with E-state index in [1.165, 1.54) is 38.5 Å². The summed E-state index contributed by atoms with van der Waals surface area (Å²) in [6.45, 7) is 4.95. The molecule has 1 aliphatic heterocycles. The zero-order chi connectivity index (χ0) is 13.7. The number of hydrogen-bond acceptors (Lipinski definition) is 2. The van der Waals surface area contributed by atoms with Crippen molar-refractivity contribution in [3.05, 3.63) is 0 Å². The topological polar surface area (TPSA) is 58.4 Å². The summed E-state index contributed by atoms with van der Waals surface area (Å²) in [7, 11) is 0. The van der Waals surface area contributed by atoms with Crippen molar-refractivity contribution in [1.29, 1.82) is 0 Å². The summed E-state index contributed by atoms with van der Waals surface area (Å²) < 4.78 is 0. The molecule has 0 aromatic rings. The van der Waals surface area contributed by atoms with Gasteiger partial charge in [-0.1, -0.05) is 32.6 Å². The average Bonchev–Trinajstić information content (AvgIpc) is 2.45. The molecule has 2 aliphatic rings. The molecule has 19 heavy (non-hydrogen) atoms. The van der Waals surface area contributed by atoms with Gasteiger partial charge in [0.25, 0.3) is 0 Å². The number of primary amides is 1. The number of rotatable bonds is 4. The molecule has 2 atom stereocenters. The van der Waals surface area contributed by atoms with Gasteiger partial charge in [-0.2, -0.15) is 0 Å². The predicted molar refractivity (Wildman–Crippen MR) is 77.9 cm³/mol. The summed E-state index contributed by atoms with van der Waals surface area (Å²) in [5, 5.41) is 3.69. The summed E-state index contributed by atoms with van der Waals surface area (Å²) in [6, 6.07) is 0.177.